The van der Waals surface area contributed by atoms with Crippen LogP contribution in [0.3, 0.4) is 0 Å². The van der Waals surface area contributed by atoms with Crippen molar-refractivity contribution in [3.8, 4) is 11.3 Å². The quantitative estimate of drug-likeness (QED) is 0.837. The molecule has 0 radical (unpaired) electrons. The third-order valence-electron chi connectivity index (χ3n) is 4.24. The van der Waals surface area contributed by atoms with Gasteiger partial charge in [0.2, 0.25) is 0 Å². The molecule has 106 valence electrons. The van der Waals surface area contributed by atoms with Gasteiger partial charge >= 0.3 is 0 Å². The maximum Gasteiger partial charge on any atom is 0.131 e. The average Bonchev–Trinajstić information content (AvgIpc) is 3.22. The number of nitrogens with zero attached hydrogens (tertiary/aromatic N) is 4. The van der Waals surface area contributed by atoms with Crippen LogP contribution in [0.5, 0.6) is 0 Å². The van der Waals surface area contributed by atoms with E-state index < -0.39 is 0 Å². The maximum atomic E-state index is 4.75. The summed E-state index contributed by atoms with van der Waals surface area (Å²) in [5.74, 6) is 2.18. The van der Waals surface area contributed by atoms with Gasteiger partial charge in [-0.25, -0.2) is 9.97 Å². The molecule has 4 nitrogen and oxygen atoms in total. The second kappa shape index (κ2) is 5.35. The van der Waals surface area contributed by atoms with Crippen molar-refractivity contribution in [1.82, 2.24) is 19.7 Å². The van der Waals surface area contributed by atoms with Gasteiger partial charge in [0.1, 0.15) is 5.82 Å². The Morgan fingerprint density at radius 1 is 1.40 bits per heavy atom. The molecule has 1 unspecified atom stereocenters. The Labute approximate surface area is 120 Å². The van der Waals surface area contributed by atoms with Gasteiger partial charge in [0.15, 0.2) is 0 Å². The van der Waals surface area contributed by atoms with E-state index in [2.05, 4.69) is 23.9 Å². The summed E-state index contributed by atoms with van der Waals surface area (Å²) >= 11 is 0. The van der Waals surface area contributed by atoms with E-state index in [1.807, 2.05) is 30.2 Å². The fourth-order valence-corrected chi connectivity index (χ4v) is 2.46. The van der Waals surface area contributed by atoms with Crippen LogP contribution in [0.4, 0.5) is 0 Å². The molecule has 0 amide bonds. The topological polar surface area (TPSA) is 43.6 Å². The van der Waals surface area contributed by atoms with Gasteiger partial charge in [-0.05, 0) is 37.7 Å². The molecule has 4 heteroatoms. The van der Waals surface area contributed by atoms with Crippen LogP contribution in [0.2, 0.25) is 0 Å². The van der Waals surface area contributed by atoms with Crippen molar-refractivity contribution >= 4 is 0 Å². The number of hydrogen-bond donors (Lipinski definition) is 0. The molecule has 2 aromatic rings. The highest BCUT2D eigenvalue weighted by Crippen LogP contribution is 2.35. The summed E-state index contributed by atoms with van der Waals surface area (Å²) in [6, 6.07) is 2.00. The van der Waals surface area contributed by atoms with E-state index in [1.54, 1.807) is 0 Å². The third kappa shape index (κ3) is 2.60. The summed E-state index contributed by atoms with van der Waals surface area (Å²) in [6.07, 6.45) is 8.71. The molecule has 20 heavy (non-hydrogen) atoms. The van der Waals surface area contributed by atoms with E-state index in [0.29, 0.717) is 5.92 Å². The Hall–Kier alpha value is -1.71. The van der Waals surface area contributed by atoms with Gasteiger partial charge < -0.3 is 0 Å². The molecule has 0 aliphatic heterocycles. The first-order valence-electron chi connectivity index (χ1n) is 7.53. The van der Waals surface area contributed by atoms with Crippen LogP contribution in [-0.2, 0) is 13.5 Å². The highest BCUT2D eigenvalue weighted by Gasteiger charge is 2.25. The molecule has 1 aliphatic rings. The SMILES string of the molecule is CCC(C)c1nccc(-c2cnn(C)c2CC2CC2)n1. The first-order valence-corrected chi connectivity index (χ1v) is 7.53. The average molecular weight is 270 g/mol. The Kier molecular flexibility index (Phi) is 3.55. The largest absolute Gasteiger partial charge is 0.272 e. The molecule has 1 aliphatic carbocycles. The number of aromatic nitrogens is 4. The Morgan fingerprint density at radius 2 is 2.20 bits per heavy atom. The summed E-state index contributed by atoms with van der Waals surface area (Å²) in [6.45, 7) is 4.34. The fourth-order valence-electron chi connectivity index (χ4n) is 2.46. The fraction of sp³-hybridized carbons (Fsp3) is 0.562. The lowest BCUT2D eigenvalue weighted by atomic mass is 10.1. The second-order valence-corrected chi connectivity index (χ2v) is 5.89. The van der Waals surface area contributed by atoms with Crippen LogP contribution in [0.15, 0.2) is 18.5 Å². The van der Waals surface area contributed by atoms with E-state index in [9.17, 15) is 0 Å². The van der Waals surface area contributed by atoms with Gasteiger partial charge in [0, 0.05) is 30.4 Å². The minimum absolute atomic E-state index is 0.401. The molecule has 1 saturated carbocycles. The Balaban J connectivity index is 1.95. The van der Waals surface area contributed by atoms with Gasteiger partial charge in [-0.1, -0.05) is 13.8 Å². The van der Waals surface area contributed by atoms with Gasteiger partial charge in [-0.15, -0.1) is 0 Å². The molecule has 2 aromatic heterocycles. The number of rotatable bonds is 5. The molecular formula is C16H22N4. The van der Waals surface area contributed by atoms with Gasteiger partial charge in [-0.2, -0.15) is 5.10 Å². The first kappa shape index (κ1) is 13.3. The molecule has 1 fully saturated rings. The normalized spacial score (nSPS) is 16.4. The van der Waals surface area contributed by atoms with Crippen LogP contribution in [-0.4, -0.2) is 19.7 Å². The summed E-state index contributed by atoms with van der Waals surface area (Å²) in [5, 5.41) is 4.42. The molecule has 0 saturated heterocycles. The molecule has 0 bridgehead atoms. The molecule has 0 N–H and O–H groups in total. The lowest BCUT2D eigenvalue weighted by Crippen LogP contribution is -2.03. The third-order valence-corrected chi connectivity index (χ3v) is 4.24. The zero-order valence-corrected chi connectivity index (χ0v) is 12.5. The summed E-state index contributed by atoms with van der Waals surface area (Å²) in [5.41, 5.74) is 3.49. The Morgan fingerprint density at radius 3 is 2.90 bits per heavy atom. The molecule has 3 rings (SSSR count). The van der Waals surface area contributed by atoms with Crippen molar-refractivity contribution in [1.29, 1.82) is 0 Å². The van der Waals surface area contributed by atoms with E-state index in [0.717, 1.165) is 30.3 Å². The highest BCUT2D eigenvalue weighted by molar-refractivity contribution is 5.61. The molecule has 0 spiro atoms. The lowest BCUT2D eigenvalue weighted by Gasteiger charge is -2.09. The smallest absolute Gasteiger partial charge is 0.131 e. The lowest BCUT2D eigenvalue weighted by molar-refractivity contribution is 0.674. The van der Waals surface area contributed by atoms with Crippen molar-refractivity contribution in [2.45, 2.75) is 45.4 Å². The minimum Gasteiger partial charge on any atom is -0.272 e. The monoisotopic (exact) mass is 270 g/mol. The summed E-state index contributed by atoms with van der Waals surface area (Å²) in [4.78, 5) is 9.16. The highest BCUT2D eigenvalue weighted by atomic mass is 15.3. The zero-order chi connectivity index (χ0) is 14.1. The molecule has 1 atom stereocenters. The maximum absolute atomic E-state index is 4.75. The van der Waals surface area contributed by atoms with Crippen LogP contribution < -0.4 is 0 Å². The molecular weight excluding hydrogens is 248 g/mol. The van der Waals surface area contributed by atoms with Crippen LogP contribution >= 0.6 is 0 Å². The van der Waals surface area contributed by atoms with Crippen molar-refractivity contribution in [3.05, 3.63) is 30.0 Å². The van der Waals surface area contributed by atoms with Crippen molar-refractivity contribution in [2.75, 3.05) is 0 Å². The van der Waals surface area contributed by atoms with Crippen LogP contribution in [0.25, 0.3) is 11.3 Å². The standard InChI is InChI=1S/C16H22N4/c1-4-11(2)16-17-8-7-14(19-16)13-10-18-20(3)15(13)9-12-5-6-12/h7-8,10-12H,4-6,9H2,1-3H3. The van der Waals surface area contributed by atoms with Crippen molar-refractivity contribution < 1.29 is 0 Å². The van der Waals surface area contributed by atoms with E-state index >= 15 is 0 Å². The molecule has 2 heterocycles. The van der Waals surface area contributed by atoms with Crippen LogP contribution in [0.1, 0.15) is 50.5 Å². The number of hydrogen-bond acceptors (Lipinski definition) is 3. The van der Waals surface area contributed by atoms with E-state index in [1.165, 1.54) is 24.1 Å². The van der Waals surface area contributed by atoms with Crippen LogP contribution in [0, 0.1) is 5.92 Å². The predicted molar refractivity (Wildman–Crippen MR) is 79.4 cm³/mol. The summed E-state index contributed by atoms with van der Waals surface area (Å²) < 4.78 is 2.00. The number of aryl methyl sites for hydroxylation is 1. The van der Waals surface area contributed by atoms with Gasteiger partial charge in [0.25, 0.3) is 0 Å². The van der Waals surface area contributed by atoms with Crippen molar-refractivity contribution in [2.24, 2.45) is 13.0 Å². The predicted octanol–water partition coefficient (Wildman–Crippen LogP) is 3.34. The first-order chi connectivity index (χ1) is 9.69. The van der Waals surface area contributed by atoms with Crippen molar-refractivity contribution in [3.63, 3.8) is 0 Å². The zero-order valence-electron chi connectivity index (χ0n) is 12.5. The van der Waals surface area contributed by atoms with E-state index in [4.69, 9.17) is 4.98 Å². The van der Waals surface area contributed by atoms with Gasteiger partial charge in [0.05, 0.1) is 11.9 Å². The second-order valence-electron chi connectivity index (χ2n) is 5.89. The minimum atomic E-state index is 0.401. The van der Waals surface area contributed by atoms with E-state index in [-0.39, 0.29) is 0 Å². The molecule has 0 aromatic carbocycles. The Bertz CT molecular complexity index is 598. The summed E-state index contributed by atoms with van der Waals surface area (Å²) in [7, 11) is 2.03. The van der Waals surface area contributed by atoms with Gasteiger partial charge in [-0.3, -0.25) is 4.68 Å².